The largest absolute Gasteiger partial charge is 0.365 e. The van der Waals surface area contributed by atoms with Crippen molar-refractivity contribution in [2.45, 2.75) is 13.5 Å². The highest BCUT2D eigenvalue weighted by Gasteiger charge is 2.07. The summed E-state index contributed by atoms with van der Waals surface area (Å²) in [7, 11) is 0. The molecular weight excluding hydrogens is 406 g/mol. The van der Waals surface area contributed by atoms with Gasteiger partial charge >= 0.3 is 0 Å². The lowest BCUT2D eigenvalue weighted by Gasteiger charge is -2.10. The maximum Gasteiger partial charge on any atom is 0.135 e. The Labute approximate surface area is 192 Å². The first-order valence-corrected chi connectivity index (χ1v) is 10.7. The molecule has 5 rings (SSSR count). The van der Waals surface area contributed by atoms with Crippen molar-refractivity contribution in [3.05, 3.63) is 108 Å². The summed E-state index contributed by atoms with van der Waals surface area (Å²) in [5.41, 5.74) is 7.01. The zero-order valence-corrected chi connectivity index (χ0v) is 18.2. The Hall–Kier alpha value is -4.56. The number of fused-ring (bicyclic) bond motifs is 1. The molecule has 1 N–H and O–H groups in total. The quantitative estimate of drug-likeness (QED) is 0.364. The van der Waals surface area contributed by atoms with Crippen LogP contribution in [-0.4, -0.2) is 15.0 Å². The standard InChI is InChI=1S/C28H21N5/c1-19-14-24(10-12-30-19)22-6-4-21(5-7-22)17-33-28-26-18-32-27(15-25(26)11-13-31-28)23-8-2-20(16-29)3-9-23/h2-15,18H,17H2,1H3,(H,31,33). The minimum absolute atomic E-state index is 0.638. The lowest BCUT2D eigenvalue weighted by Crippen LogP contribution is -2.02. The van der Waals surface area contributed by atoms with Crippen molar-refractivity contribution in [2.24, 2.45) is 0 Å². The molecule has 0 bridgehead atoms. The van der Waals surface area contributed by atoms with Gasteiger partial charge in [-0.05, 0) is 65.4 Å². The normalized spacial score (nSPS) is 10.7. The van der Waals surface area contributed by atoms with Crippen LogP contribution in [0.15, 0.2) is 91.4 Å². The molecule has 0 saturated carbocycles. The number of hydrogen-bond acceptors (Lipinski definition) is 5. The number of aryl methyl sites for hydroxylation is 1. The van der Waals surface area contributed by atoms with Crippen LogP contribution in [0, 0.1) is 18.3 Å². The molecule has 0 spiro atoms. The first-order chi connectivity index (χ1) is 16.2. The van der Waals surface area contributed by atoms with E-state index in [0.717, 1.165) is 33.5 Å². The van der Waals surface area contributed by atoms with Crippen LogP contribution in [0.4, 0.5) is 5.82 Å². The molecule has 0 aliphatic heterocycles. The van der Waals surface area contributed by atoms with E-state index >= 15 is 0 Å². The third-order valence-corrected chi connectivity index (χ3v) is 5.60. The number of benzene rings is 2. The molecule has 33 heavy (non-hydrogen) atoms. The Balaban J connectivity index is 1.34. The number of hydrogen-bond donors (Lipinski definition) is 1. The predicted molar refractivity (Wildman–Crippen MR) is 131 cm³/mol. The van der Waals surface area contributed by atoms with Gasteiger partial charge in [0, 0.05) is 41.8 Å². The summed E-state index contributed by atoms with van der Waals surface area (Å²) < 4.78 is 0. The third-order valence-electron chi connectivity index (χ3n) is 5.60. The highest BCUT2D eigenvalue weighted by Crippen LogP contribution is 2.26. The average Bonchev–Trinajstić information content (AvgIpc) is 2.87. The Morgan fingerprint density at radius 3 is 2.30 bits per heavy atom. The molecule has 0 radical (unpaired) electrons. The van der Waals surface area contributed by atoms with Gasteiger partial charge in [-0.15, -0.1) is 0 Å². The zero-order chi connectivity index (χ0) is 22.6. The van der Waals surface area contributed by atoms with Crippen molar-refractivity contribution in [2.75, 3.05) is 5.32 Å². The summed E-state index contributed by atoms with van der Waals surface area (Å²) in [5, 5.41) is 14.5. The SMILES string of the molecule is Cc1cc(-c2ccc(CNc3nccc4cc(-c5ccc(C#N)cc5)ncc34)cc2)ccn1. The molecule has 158 valence electrons. The van der Waals surface area contributed by atoms with Crippen molar-refractivity contribution in [3.8, 4) is 28.5 Å². The Bertz CT molecular complexity index is 1470. The maximum atomic E-state index is 9.00. The van der Waals surface area contributed by atoms with E-state index < -0.39 is 0 Å². The van der Waals surface area contributed by atoms with E-state index in [1.54, 1.807) is 0 Å². The van der Waals surface area contributed by atoms with Crippen LogP contribution in [0.25, 0.3) is 33.2 Å². The van der Waals surface area contributed by atoms with Gasteiger partial charge in [0.05, 0.1) is 17.3 Å². The minimum Gasteiger partial charge on any atom is -0.365 e. The first-order valence-electron chi connectivity index (χ1n) is 10.7. The van der Waals surface area contributed by atoms with Gasteiger partial charge in [-0.3, -0.25) is 9.97 Å². The molecule has 5 nitrogen and oxygen atoms in total. The topological polar surface area (TPSA) is 74.5 Å². The van der Waals surface area contributed by atoms with Crippen LogP contribution in [0.5, 0.6) is 0 Å². The fraction of sp³-hybridized carbons (Fsp3) is 0.0714. The molecular formula is C28H21N5. The minimum atomic E-state index is 0.638. The predicted octanol–water partition coefficient (Wildman–Crippen LogP) is 6.15. The van der Waals surface area contributed by atoms with Gasteiger partial charge in [-0.25, -0.2) is 4.98 Å². The highest BCUT2D eigenvalue weighted by molar-refractivity contribution is 5.93. The van der Waals surface area contributed by atoms with Gasteiger partial charge in [-0.1, -0.05) is 36.4 Å². The van der Waals surface area contributed by atoms with E-state index in [-0.39, 0.29) is 0 Å². The molecule has 3 aromatic heterocycles. The van der Waals surface area contributed by atoms with E-state index in [2.05, 4.69) is 62.7 Å². The van der Waals surface area contributed by atoms with Crippen molar-refractivity contribution >= 4 is 16.6 Å². The van der Waals surface area contributed by atoms with Crippen LogP contribution in [0.1, 0.15) is 16.8 Å². The number of nitriles is 1. The molecule has 0 aliphatic carbocycles. The number of aromatic nitrogens is 3. The van der Waals surface area contributed by atoms with E-state index in [4.69, 9.17) is 5.26 Å². The first kappa shape index (κ1) is 20.3. The second-order valence-electron chi connectivity index (χ2n) is 7.88. The van der Waals surface area contributed by atoms with Gasteiger partial charge in [0.1, 0.15) is 5.82 Å². The summed E-state index contributed by atoms with van der Waals surface area (Å²) in [6, 6.07) is 26.3. The van der Waals surface area contributed by atoms with E-state index in [1.165, 1.54) is 16.7 Å². The molecule has 0 aliphatic rings. The lowest BCUT2D eigenvalue weighted by atomic mass is 10.0. The van der Waals surface area contributed by atoms with Crippen LogP contribution >= 0.6 is 0 Å². The molecule has 5 heteroatoms. The molecule has 0 unspecified atom stereocenters. The smallest absolute Gasteiger partial charge is 0.135 e. The molecule has 2 aromatic carbocycles. The average molecular weight is 428 g/mol. The molecule has 0 saturated heterocycles. The Kier molecular flexibility index (Phi) is 5.48. The summed E-state index contributed by atoms with van der Waals surface area (Å²) in [5.74, 6) is 0.806. The second kappa shape index (κ2) is 8.89. The molecule has 3 heterocycles. The van der Waals surface area contributed by atoms with Gasteiger partial charge in [0.2, 0.25) is 0 Å². The van der Waals surface area contributed by atoms with Crippen LogP contribution in [-0.2, 0) is 6.54 Å². The molecule has 0 fully saturated rings. The van der Waals surface area contributed by atoms with Gasteiger partial charge in [0.15, 0.2) is 0 Å². The summed E-state index contributed by atoms with van der Waals surface area (Å²) in [6.07, 6.45) is 5.50. The maximum absolute atomic E-state index is 9.00. The third kappa shape index (κ3) is 4.41. The Morgan fingerprint density at radius 1 is 0.788 bits per heavy atom. The van der Waals surface area contributed by atoms with Crippen molar-refractivity contribution < 1.29 is 0 Å². The lowest BCUT2D eigenvalue weighted by molar-refractivity contribution is 1.12. The van der Waals surface area contributed by atoms with Crippen molar-refractivity contribution in [1.29, 1.82) is 5.26 Å². The number of rotatable bonds is 5. The van der Waals surface area contributed by atoms with E-state index in [9.17, 15) is 0 Å². The summed E-state index contributed by atoms with van der Waals surface area (Å²) in [6.45, 7) is 2.67. The second-order valence-corrected chi connectivity index (χ2v) is 7.88. The van der Waals surface area contributed by atoms with E-state index in [1.807, 2.05) is 61.9 Å². The van der Waals surface area contributed by atoms with Crippen molar-refractivity contribution in [3.63, 3.8) is 0 Å². The number of nitrogens with one attached hydrogen (secondary N) is 1. The Morgan fingerprint density at radius 2 is 1.55 bits per heavy atom. The fourth-order valence-electron chi connectivity index (χ4n) is 3.81. The van der Waals surface area contributed by atoms with Crippen LogP contribution < -0.4 is 5.32 Å². The van der Waals surface area contributed by atoms with Crippen LogP contribution in [0.2, 0.25) is 0 Å². The van der Waals surface area contributed by atoms with Gasteiger partial charge in [0.25, 0.3) is 0 Å². The molecule has 0 amide bonds. The fourth-order valence-corrected chi connectivity index (χ4v) is 3.81. The van der Waals surface area contributed by atoms with Gasteiger partial charge < -0.3 is 5.32 Å². The highest BCUT2D eigenvalue weighted by atomic mass is 15.0. The summed E-state index contributed by atoms with van der Waals surface area (Å²) in [4.78, 5) is 13.4. The number of anilines is 1. The number of nitrogens with zero attached hydrogens (tertiary/aromatic N) is 4. The summed E-state index contributed by atoms with van der Waals surface area (Å²) >= 11 is 0. The van der Waals surface area contributed by atoms with Crippen molar-refractivity contribution in [1.82, 2.24) is 15.0 Å². The number of pyridine rings is 3. The van der Waals surface area contributed by atoms with Crippen LogP contribution in [0.3, 0.4) is 0 Å². The molecule has 5 aromatic rings. The molecule has 0 atom stereocenters. The van der Waals surface area contributed by atoms with Gasteiger partial charge in [-0.2, -0.15) is 5.26 Å². The monoisotopic (exact) mass is 427 g/mol. The van der Waals surface area contributed by atoms with E-state index in [0.29, 0.717) is 12.1 Å². The zero-order valence-electron chi connectivity index (χ0n) is 18.2.